The molecule has 0 unspecified atom stereocenters. The van der Waals surface area contributed by atoms with Crippen LogP contribution in [0.5, 0.6) is 0 Å². The molecule has 0 saturated carbocycles. The minimum Gasteiger partial charge on any atom is -0.389 e. The molecule has 0 aromatic heterocycles. The number of anilines is 1. The molecule has 0 aliphatic carbocycles. The normalized spacial score (nSPS) is 12.8. The molecule has 0 aliphatic heterocycles. The van der Waals surface area contributed by atoms with Gasteiger partial charge in [0.15, 0.2) is 0 Å². The molecule has 3 heteroatoms. The van der Waals surface area contributed by atoms with E-state index in [2.05, 4.69) is 47.7 Å². The molecule has 1 N–H and O–H groups in total. The molecule has 0 bridgehead atoms. The summed E-state index contributed by atoms with van der Waals surface area (Å²) < 4.78 is 1.07. The Labute approximate surface area is 126 Å². The van der Waals surface area contributed by atoms with Crippen molar-refractivity contribution in [3.63, 3.8) is 0 Å². The molecular weight excluding hydrogens is 302 g/mol. The highest BCUT2D eigenvalue weighted by atomic mass is 79.9. The van der Waals surface area contributed by atoms with Gasteiger partial charge < -0.3 is 10.0 Å². The standard InChI is InChI=1S/C16H26BrNO/c1-5-6-7-10-18(12(2)3)16-9-8-14(13(4)19)11-15(16)17/h8-9,11-13,19H,5-7,10H2,1-4H3/t13-/m0/s1. The van der Waals surface area contributed by atoms with Gasteiger partial charge in [-0.1, -0.05) is 25.8 Å². The fourth-order valence-electron chi connectivity index (χ4n) is 2.20. The lowest BCUT2D eigenvalue weighted by Gasteiger charge is -2.30. The highest BCUT2D eigenvalue weighted by Crippen LogP contribution is 2.31. The zero-order valence-corrected chi connectivity index (χ0v) is 14.1. The third-order valence-electron chi connectivity index (χ3n) is 3.39. The number of unbranched alkanes of at least 4 members (excludes halogenated alkanes) is 2. The van der Waals surface area contributed by atoms with Gasteiger partial charge in [0.05, 0.1) is 11.8 Å². The second kappa shape index (κ2) is 7.91. The Hall–Kier alpha value is -0.540. The van der Waals surface area contributed by atoms with Crippen LogP contribution in [0.4, 0.5) is 5.69 Å². The molecule has 0 radical (unpaired) electrons. The SMILES string of the molecule is CCCCCN(c1ccc([C@H](C)O)cc1Br)C(C)C. The smallest absolute Gasteiger partial charge is 0.0762 e. The van der Waals surface area contributed by atoms with E-state index in [1.54, 1.807) is 6.92 Å². The fourth-order valence-corrected chi connectivity index (χ4v) is 2.83. The van der Waals surface area contributed by atoms with Crippen molar-refractivity contribution < 1.29 is 5.11 Å². The van der Waals surface area contributed by atoms with Crippen LogP contribution in [0.1, 0.15) is 58.6 Å². The number of benzene rings is 1. The monoisotopic (exact) mass is 327 g/mol. The van der Waals surface area contributed by atoms with Gasteiger partial charge in [-0.3, -0.25) is 0 Å². The Morgan fingerprint density at radius 1 is 1.21 bits per heavy atom. The first-order valence-corrected chi connectivity index (χ1v) is 8.00. The summed E-state index contributed by atoms with van der Waals surface area (Å²) in [4.78, 5) is 2.42. The molecule has 0 saturated heterocycles. The van der Waals surface area contributed by atoms with Crippen molar-refractivity contribution in [2.75, 3.05) is 11.4 Å². The van der Waals surface area contributed by atoms with Gasteiger partial charge in [0.1, 0.15) is 0 Å². The lowest BCUT2D eigenvalue weighted by atomic mass is 10.1. The van der Waals surface area contributed by atoms with E-state index in [9.17, 15) is 5.11 Å². The predicted octanol–water partition coefficient (Wildman–Crippen LogP) is 4.91. The number of halogens is 1. The summed E-state index contributed by atoms with van der Waals surface area (Å²) in [6.45, 7) is 9.55. The topological polar surface area (TPSA) is 23.5 Å². The van der Waals surface area contributed by atoms with Crippen LogP contribution in [0.3, 0.4) is 0 Å². The summed E-state index contributed by atoms with van der Waals surface area (Å²) in [6, 6.07) is 6.62. The van der Waals surface area contributed by atoms with Crippen molar-refractivity contribution in [1.29, 1.82) is 0 Å². The molecule has 19 heavy (non-hydrogen) atoms. The highest BCUT2D eigenvalue weighted by Gasteiger charge is 2.14. The molecule has 1 rings (SSSR count). The zero-order chi connectivity index (χ0) is 14.4. The Bertz CT molecular complexity index is 390. The average Bonchev–Trinajstić information content (AvgIpc) is 2.35. The third kappa shape index (κ3) is 4.81. The van der Waals surface area contributed by atoms with Crippen LogP contribution in [0.25, 0.3) is 0 Å². The van der Waals surface area contributed by atoms with Crippen LogP contribution < -0.4 is 4.90 Å². The van der Waals surface area contributed by atoms with E-state index >= 15 is 0 Å². The minimum atomic E-state index is -0.419. The van der Waals surface area contributed by atoms with E-state index in [-0.39, 0.29) is 0 Å². The first kappa shape index (κ1) is 16.5. The Balaban J connectivity index is 2.90. The van der Waals surface area contributed by atoms with E-state index in [1.165, 1.54) is 24.9 Å². The summed E-state index contributed by atoms with van der Waals surface area (Å²) in [5.41, 5.74) is 2.17. The molecule has 0 aliphatic rings. The van der Waals surface area contributed by atoms with Gasteiger partial charge in [-0.05, 0) is 60.8 Å². The Morgan fingerprint density at radius 3 is 2.37 bits per heavy atom. The molecular formula is C16H26BrNO. The molecule has 0 heterocycles. The van der Waals surface area contributed by atoms with E-state index in [4.69, 9.17) is 0 Å². The lowest BCUT2D eigenvalue weighted by Crippen LogP contribution is -2.32. The number of aliphatic hydroxyl groups is 1. The second-order valence-electron chi connectivity index (χ2n) is 5.38. The molecule has 1 aromatic rings. The van der Waals surface area contributed by atoms with Crippen molar-refractivity contribution in [3.05, 3.63) is 28.2 Å². The van der Waals surface area contributed by atoms with Gasteiger partial charge in [-0.25, -0.2) is 0 Å². The molecule has 0 amide bonds. The van der Waals surface area contributed by atoms with Gasteiger partial charge in [0.2, 0.25) is 0 Å². The molecule has 1 aromatic carbocycles. The third-order valence-corrected chi connectivity index (χ3v) is 4.02. The van der Waals surface area contributed by atoms with Crippen molar-refractivity contribution in [3.8, 4) is 0 Å². The zero-order valence-electron chi connectivity index (χ0n) is 12.5. The van der Waals surface area contributed by atoms with Crippen LogP contribution in [-0.2, 0) is 0 Å². The molecule has 108 valence electrons. The largest absolute Gasteiger partial charge is 0.389 e. The van der Waals surface area contributed by atoms with Gasteiger partial charge in [0.25, 0.3) is 0 Å². The summed E-state index contributed by atoms with van der Waals surface area (Å²) in [7, 11) is 0. The summed E-state index contributed by atoms with van der Waals surface area (Å²) in [5.74, 6) is 0. The van der Waals surface area contributed by atoms with Gasteiger partial charge in [0, 0.05) is 17.1 Å². The summed E-state index contributed by atoms with van der Waals surface area (Å²) in [5, 5.41) is 9.63. The van der Waals surface area contributed by atoms with Gasteiger partial charge >= 0.3 is 0 Å². The maximum absolute atomic E-state index is 9.63. The van der Waals surface area contributed by atoms with Crippen LogP contribution >= 0.6 is 15.9 Å². The van der Waals surface area contributed by atoms with Crippen LogP contribution in [-0.4, -0.2) is 17.7 Å². The number of rotatable bonds is 7. The highest BCUT2D eigenvalue weighted by molar-refractivity contribution is 9.10. The van der Waals surface area contributed by atoms with E-state index in [0.717, 1.165) is 16.6 Å². The van der Waals surface area contributed by atoms with E-state index in [1.807, 2.05) is 12.1 Å². The van der Waals surface area contributed by atoms with Crippen molar-refractivity contribution in [2.45, 2.75) is 59.1 Å². The van der Waals surface area contributed by atoms with Crippen LogP contribution in [0.2, 0.25) is 0 Å². The van der Waals surface area contributed by atoms with Crippen molar-refractivity contribution in [1.82, 2.24) is 0 Å². The maximum Gasteiger partial charge on any atom is 0.0762 e. The number of hydrogen-bond acceptors (Lipinski definition) is 2. The van der Waals surface area contributed by atoms with E-state index < -0.39 is 6.10 Å². The Morgan fingerprint density at radius 2 is 1.89 bits per heavy atom. The molecule has 0 fully saturated rings. The maximum atomic E-state index is 9.63. The van der Waals surface area contributed by atoms with Gasteiger partial charge in [-0.2, -0.15) is 0 Å². The van der Waals surface area contributed by atoms with Crippen LogP contribution in [0.15, 0.2) is 22.7 Å². The first-order chi connectivity index (χ1) is 8.97. The number of hydrogen-bond donors (Lipinski definition) is 1. The first-order valence-electron chi connectivity index (χ1n) is 7.21. The summed E-state index contributed by atoms with van der Waals surface area (Å²) >= 11 is 3.64. The predicted molar refractivity (Wildman–Crippen MR) is 86.8 cm³/mol. The quantitative estimate of drug-likeness (QED) is 0.719. The van der Waals surface area contributed by atoms with Crippen molar-refractivity contribution in [2.24, 2.45) is 0 Å². The summed E-state index contributed by atoms with van der Waals surface area (Å²) in [6.07, 6.45) is 3.32. The molecule has 2 nitrogen and oxygen atoms in total. The van der Waals surface area contributed by atoms with Gasteiger partial charge in [-0.15, -0.1) is 0 Å². The fraction of sp³-hybridized carbons (Fsp3) is 0.625. The van der Waals surface area contributed by atoms with E-state index in [0.29, 0.717) is 6.04 Å². The average molecular weight is 328 g/mol. The lowest BCUT2D eigenvalue weighted by molar-refractivity contribution is 0.199. The number of aliphatic hydroxyl groups excluding tert-OH is 1. The van der Waals surface area contributed by atoms with Crippen molar-refractivity contribution >= 4 is 21.6 Å². The number of nitrogens with zero attached hydrogens (tertiary/aromatic N) is 1. The Kier molecular flexibility index (Phi) is 6.87. The second-order valence-corrected chi connectivity index (χ2v) is 6.24. The van der Waals surface area contributed by atoms with Crippen LogP contribution in [0, 0.1) is 0 Å². The molecule has 1 atom stereocenters. The minimum absolute atomic E-state index is 0.419. The molecule has 0 spiro atoms.